The molecule has 0 aromatic carbocycles. The van der Waals surface area contributed by atoms with E-state index >= 15 is 0 Å². The highest BCUT2D eigenvalue weighted by Gasteiger charge is 2.35. The Morgan fingerprint density at radius 2 is 2.12 bits per heavy atom. The topological polar surface area (TPSA) is 92.2 Å². The van der Waals surface area contributed by atoms with Gasteiger partial charge in [-0.2, -0.15) is 0 Å². The number of hydrogen-bond donors (Lipinski definition) is 1. The van der Waals surface area contributed by atoms with E-state index in [0.29, 0.717) is 24.2 Å². The van der Waals surface area contributed by atoms with Gasteiger partial charge in [0, 0.05) is 44.3 Å². The van der Waals surface area contributed by atoms with Crippen LogP contribution < -0.4 is 4.74 Å². The monoisotopic (exact) mass is 471 g/mol. The molecule has 1 N–H and O–H groups in total. The third-order valence-electron chi connectivity index (χ3n) is 6.75. The molecular formula is C26H37N3O5. The molecule has 0 spiro atoms. The Morgan fingerprint density at radius 3 is 2.79 bits per heavy atom. The largest absolute Gasteiger partial charge is 0.472 e. The van der Waals surface area contributed by atoms with Crippen LogP contribution in [-0.4, -0.2) is 84.3 Å². The molecule has 2 aliphatic rings. The molecule has 1 aromatic rings. The molecule has 3 rings (SSSR count). The minimum absolute atomic E-state index is 0.0734. The van der Waals surface area contributed by atoms with Gasteiger partial charge in [-0.3, -0.25) is 9.59 Å². The van der Waals surface area contributed by atoms with Crippen LogP contribution in [0, 0.1) is 23.7 Å². The summed E-state index contributed by atoms with van der Waals surface area (Å²) in [6, 6.07) is 1.31. The van der Waals surface area contributed by atoms with Crippen molar-refractivity contribution in [3.63, 3.8) is 0 Å². The summed E-state index contributed by atoms with van der Waals surface area (Å²) in [6.07, 6.45) is 6.51. The number of amides is 2. The van der Waals surface area contributed by atoms with E-state index in [0.717, 1.165) is 25.7 Å². The Hall–Kier alpha value is -2.63. The maximum atomic E-state index is 13.4. The second-order valence-electron chi connectivity index (χ2n) is 9.49. The van der Waals surface area contributed by atoms with E-state index in [1.54, 1.807) is 29.2 Å². The summed E-state index contributed by atoms with van der Waals surface area (Å²) in [5, 5.41) is 9.80. The molecule has 1 saturated carbocycles. The van der Waals surface area contributed by atoms with E-state index in [4.69, 9.17) is 9.47 Å². The first-order valence-electron chi connectivity index (χ1n) is 12.2. The molecule has 0 bridgehead atoms. The Bertz CT molecular complexity index is 919. The van der Waals surface area contributed by atoms with Crippen molar-refractivity contribution in [3.05, 3.63) is 23.4 Å². The highest BCUT2D eigenvalue weighted by molar-refractivity contribution is 5.97. The van der Waals surface area contributed by atoms with Crippen molar-refractivity contribution in [2.45, 2.75) is 58.1 Å². The molecule has 3 atom stereocenters. The van der Waals surface area contributed by atoms with Crippen molar-refractivity contribution in [1.29, 1.82) is 0 Å². The van der Waals surface area contributed by atoms with Crippen LogP contribution in [0.4, 0.5) is 0 Å². The molecule has 8 heteroatoms. The Balaban J connectivity index is 1.88. The van der Waals surface area contributed by atoms with Gasteiger partial charge in [-0.15, -0.1) is 0 Å². The lowest BCUT2D eigenvalue weighted by Crippen LogP contribution is -2.51. The second kappa shape index (κ2) is 12.2. The molecule has 8 nitrogen and oxygen atoms in total. The summed E-state index contributed by atoms with van der Waals surface area (Å²) in [4.78, 5) is 34.3. The van der Waals surface area contributed by atoms with Crippen LogP contribution in [-0.2, 0) is 9.53 Å². The van der Waals surface area contributed by atoms with E-state index in [2.05, 4.69) is 16.8 Å². The number of aromatic nitrogens is 1. The minimum atomic E-state index is -0.369. The van der Waals surface area contributed by atoms with Gasteiger partial charge in [0.05, 0.1) is 19.2 Å². The van der Waals surface area contributed by atoms with Crippen LogP contribution in [0.25, 0.3) is 0 Å². The number of nitrogens with zero attached hydrogens (tertiary/aromatic N) is 3. The summed E-state index contributed by atoms with van der Waals surface area (Å²) in [7, 11) is 3.39. The maximum absolute atomic E-state index is 13.4. The number of pyridine rings is 1. The predicted molar refractivity (Wildman–Crippen MR) is 128 cm³/mol. The Kier molecular flexibility index (Phi) is 9.31. The summed E-state index contributed by atoms with van der Waals surface area (Å²) < 4.78 is 11.3. The fourth-order valence-electron chi connectivity index (χ4n) is 4.62. The van der Waals surface area contributed by atoms with E-state index in [1.165, 1.54) is 6.42 Å². The number of fused-ring (bicyclic) bond motifs is 1. The number of rotatable bonds is 6. The second-order valence-corrected chi connectivity index (χ2v) is 9.49. The van der Waals surface area contributed by atoms with Crippen LogP contribution in [0.5, 0.6) is 5.88 Å². The molecule has 1 aromatic heterocycles. The lowest BCUT2D eigenvalue weighted by Gasteiger charge is -2.38. The lowest BCUT2D eigenvalue weighted by atomic mass is 9.88. The molecular weight excluding hydrogens is 434 g/mol. The van der Waals surface area contributed by atoms with Crippen molar-refractivity contribution < 1.29 is 24.2 Å². The summed E-state index contributed by atoms with van der Waals surface area (Å²) in [5.74, 6) is 5.96. The molecule has 186 valence electrons. The van der Waals surface area contributed by atoms with Gasteiger partial charge in [-0.25, -0.2) is 4.98 Å². The predicted octanol–water partition coefficient (Wildman–Crippen LogP) is 2.34. The van der Waals surface area contributed by atoms with Crippen LogP contribution in [0.15, 0.2) is 12.3 Å². The molecule has 1 fully saturated rings. The molecule has 1 aliphatic heterocycles. The summed E-state index contributed by atoms with van der Waals surface area (Å²) in [6.45, 7) is 4.74. The van der Waals surface area contributed by atoms with Crippen molar-refractivity contribution in [2.75, 3.05) is 40.5 Å². The number of aliphatic hydroxyl groups excluding tert-OH is 1. The van der Waals surface area contributed by atoms with Crippen molar-refractivity contribution in [1.82, 2.24) is 14.8 Å². The van der Waals surface area contributed by atoms with Gasteiger partial charge in [0.1, 0.15) is 18.3 Å². The highest BCUT2D eigenvalue weighted by Crippen LogP contribution is 2.29. The first-order chi connectivity index (χ1) is 16.3. The number of aliphatic hydroxyl groups is 1. The SMILES string of the molecule is COCC#Cc1cnc2c(c1)C(=O)N([C@H](C)CO)C[C@H](C)[C@H](CN(C)C(=O)C1CCCCC1)O2. The van der Waals surface area contributed by atoms with Gasteiger partial charge in [-0.05, 0) is 25.8 Å². The maximum Gasteiger partial charge on any atom is 0.259 e. The molecule has 0 saturated heterocycles. The number of ether oxygens (including phenoxy) is 2. The lowest BCUT2D eigenvalue weighted by molar-refractivity contribution is -0.136. The fourth-order valence-corrected chi connectivity index (χ4v) is 4.62. The molecule has 0 radical (unpaired) electrons. The highest BCUT2D eigenvalue weighted by atomic mass is 16.5. The smallest absolute Gasteiger partial charge is 0.259 e. The third-order valence-corrected chi connectivity index (χ3v) is 6.75. The van der Waals surface area contributed by atoms with Gasteiger partial charge in [0.2, 0.25) is 11.8 Å². The van der Waals surface area contributed by atoms with E-state index < -0.39 is 0 Å². The van der Waals surface area contributed by atoms with Crippen LogP contribution in [0.1, 0.15) is 61.9 Å². The molecule has 0 unspecified atom stereocenters. The average Bonchev–Trinajstić information content (AvgIpc) is 2.86. The van der Waals surface area contributed by atoms with Crippen molar-refractivity contribution in [3.8, 4) is 17.7 Å². The minimum Gasteiger partial charge on any atom is -0.472 e. The number of hydrogen-bond acceptors (Lipinski definition) is 6. The fraction of sp³-hybridized carbons (Fsp3) is 0.654. The van der Waals surface area contributed by atoms with Gasteiger partial charge < -0.3 is 24.4 Å². The van der Waals surface area contributed by atoms with E-state index in [1.807, 2.05) is 20.9 Å². The van der Waals surface area contributed by atoms with Gasteiger partial charge in [0.25, 0.3) is 5.91 Å². The number of likely N-dealkylation sites (N-methyl/N-ethyl adjacent to an activating group) is 1. The van der Waals surface area contributed by atoms with Gasteiger partial charge >= 0.3 is 0 Å². The summed E-state index contributed by atoms with van der Waals surface area (Å²) in [5.41, 5.74) is 0.891. The molecule has 2 amide bonds. The number of carbonyl (C=O) groups excluding carboxylic acids is 2. The number of methoxy groups -OCH3 is 1. The van der Waals surface area contributed by atoms with Crippen molar-refractivity contribution >= 4 is 11.8 Å². The Morgan fingerprint density at radius 1 is 1.38 bits per heavy atom. The normalized spacial score (nSPS) is 21.9. The van der Waals surface area contributed by atoms with E-state index in [-0.39, 0.29) is 54.9 Å². The average molecular weight is 472 g/mol. The Labute approximate surface area is 202 Å². The first-order valence-corrected chi connectivity index (χ1v) is 12.2. The van der Waals surface area contributed by atoms with Crippen LogP contribution in [0.2, 0.25) is 0 Å². The first kappa shape index (κ1) is 26.0. The van der Waals surface area contributed by atoms with Gasteiger partial charge in [-0.1, -0.05) is 38.0 Å². The third kappa shape index (κ3) is 6.28. The zero-order valence-electron chi connectivity index (χ0n) is 20.7. The van der Waals surface area contributed by atoms with E-state index in [9.17, 15) is 14.7 Å². The quantitative estimate of drug-likeness (QED) is 0.641. The molecule has 2 heterocycles. The van der Waals surface area contributed by atoms with Crippen LogP contribution >= 0.6 is 0 Å². The number of carbonyl (C=O) groups is 2. The molecule has 34 heavy (non-hydrogen) atoms. The zero-order valence-corrected chi connectivity index (χ0v) is 20.7. The van der Waals surface area contributed by atoms with Gasteiger partial charge in [0.15, 0.2) is 0 Å². The van der Waals surface area contributed by atoms with Crippen molar-refractivity contribution in [2.24, 2.45) is 11.8 Å². The van der Waals surface area contributed by atoms with Crippen LogP contribution in [0.3, 0.4) is 0 Å². The standard InChI is InChI=1S/C26H37N3O5/c1-18-15-29(19(2)17-30)26(32)22-13-20(9-8-12-33-4)14-27-24(22)34-23(18)16-28(3)25(31)21-10-6-5-7-11-21/h13-14,18-19,21,23,30H,5-7,10-12,15-17H2,1-4H3/t18-,19+,23-/m0/s1. The zero-order chi connectivity index (χ0) is 24.7. The molecule has 1 aliphatic carbocycles. The summed E-state index contributed by atoms with van der Waals surface area (Å²) >= 11 is 0.